The summed E-state index contributed by atoms with van der Waals surface area (Å²) < 4.78 is 10.4. The topological polar surface area (TPSA) is 0 Å². The summed E-state index contributed by atoms with van der Waals surface area (Å²) in [5, 5.41) is 0. The van der Waals surface area contributed by atoms with Crippen molar-refractivity contribution in [2.45, 2.75) is 72.0 Å². The summed E-state index contributed by atoms with van der Waals surface area (Å²) in [5.41, 5.74) is 14.1. The van der Waals surface area contributed by atoms with Gasteiger partial charge in [-0.05, 0) is 0 Å². The number of rotatable bonds is 7. The van der Waals surface area contributed by atoms with Crippen molar-refractivity contribution >= 4 is 19.1 Å². The quantitative estimate of drug-likeness (QED) is 0.165. The summed E-state index contributed by atoms with van der Waals surface area (Å²) in [4.78, 5) is 0. The third kappa shape index (κ3) is 4.62. The summed E-state index contributed by atoms with van der Waals surface area (Å²) in [6.45, 7) is 14.1. The molecule has 0 aliphatic heterocycles. The number of hydrogen-bond donors (Lipinski definition) is 0. The number of benzene rings is 4. The van der Waals surface area contributed by atoms with Crippen molar-refractivity contribution < 1.29 is 14.2 Å². The van der Waals surface area contributed by atoms with Crippen molar-refractivity contribution in [1.82, 2.24) is 0 Å². The van der Waals surface area contributed by atoms with Gasteiger partial charge in [-0.15, -0.1) is 0 Å². The Balaban J connectivity index is 1.52. The van der Waals surface area contributed by atoms with Gasteiger partial charge in [0.2, 0.25) is 0 Å². The van der Waals surface area contributed by atoms with Crippen LogP contribution in [0.15, 0.2) is 97.1 Å². The molecule has 4 aromatic rings. The molecule has 2 heteroatoms. The predicted molar refractivity (Wildman–Crippen MR) is 192 cm³/mol. The first-order valence-electron chi connectivity index (χ1n) is 16.5. The van der Waals surface area contributed by atoms with Crippen molar-refractivity contribution in [2.75, 3.05) is 0 Å². The Hall–Kier alpha value is -2.55. The van der Waals surface area contributed by atoms with E-state index in [2.05, 4.69) is 165 Å². The van der Waals surface area contributed by atoms with Crippen LogP contribution in [0, 0.1) is 0 Å². The summed E-state index contributed by atoms with van der Waals surface area (Å²) in [5.74, 6) is 1.03. The van der Waals surface area contributed by atoms with Crippen LogP contribution >= 0.6 is 0 Å². The summed E-state index contributed by atoms with van der Waals surface area (Å²) >= 11 is -4.83. The van der Waals surface area contributed by atoms with E-state index in [1.54, 1.807) is 0 Å². The SMILES string of the molecule is C[CH2][Hf]([CH3])([CH3])([CH3])(=[SiH2])([CH]1C=Cc2c(-c3cccc(C(C)C)c3)cccc21)[CH]1C=Cc2c(-c3cccc(C(C)C)c3)cccc21. The van der Waals surface area contributed by atoms with Gasteiger partial charge in [-0.2, -0.15) is 0 Å². The van der Waals surface area contributed by atoms with Crippen LogP contribution in [-0.2, 0) is 14.2 Å². The first-order chi connectivity index (χ1) is 20.1. The molecule has 0 N–H and O–H groups in total. The Morgan fingerprint density at radius 2 is 1.00 bits per heavy atom. The Bertz CT molecular complexity index is 1830. The minimum atomic E-state index is -4.83. The van der Waals surface area contributed by atoms with Crippen LogP contribution in [0.1, 0.15) is 87.2 Å². The van der Waals surface area contributed by atoms with Gasteiger partial charge in [0.15, 0.2) is 0 Å². The third-order valence-corrected chi connectivity index (χ3v) is 62.0. The Morgan fingerprint density at radius 3 is 1.37 bits per heavy atom. The fourth-order valence-corrected chi connectivity index (χ4v) is 39.4. The van der Waals surface area contributed by atoms with E-state index in [1.807, 2.05) is 0 Å². The second-order valence-corrected chi connectivity index (χ2v) is 100. The van der Waals surface area contributed by atoms with Crippen LogP contribution < -0.4 is 0 Å². The molecular weight excluding hydrogens is 699 g/mol. The average Bonchev–Trinajstić information content (AvgIpc) is 3.64. The van der Waals surface area contributed by atoms with Gasteiger partial charge in [0.05, 0.1) is 0 Å². The molecule has 4 aromatic carbocycles. The minimum absolute atomic E-state index is 0.421. The molecule has 2 atom stereocenters. The second kappa shape index (κ2) is 9.24. The van der Waals surface area contributed by atoms with Crippen molar-refractivity contribution in [3.8, 4) is 22.3 Å². The van der Waals surface area contributed by atoms with E-state index < -0.39 is 14.2 Å². The average molecular weight is 749 g/mol. The van der Waals surface area contributed by atoms with Gasteiger partial charge in [-0.3, -0.25) is 0 Å². The van der Waals surface area contributed by atoms with Crippen molar-refractivity contribution in [2.24, 2.45) is 0 Å². The first-order valence-corrected chi connectivity index (χ1v) is 42.3. The van der Waals surface area contributed by atoms with Crippen LogP contribution in [-0.4, -0.2) is 6.94 Å². The molecule has 2 unspecified atom stereocenters. The monoisotopic (exact) mass is 750 g/mol. The second-order valence-electron chi connectivity index (χ2n) is 17.8. The van der Waals surface area contributed by atoms with E-state index >= 15 is 0 Å². The molecular formula is C41H50HfSi. The van der Waals surface area contributed by atoms with E-state index in [1.165, 1.54) is 59.8 Å². The molecule has 0 saturated heterocycles. The Labute approximate surface area is 256 Å². The molecule has 0 amide bonds. The van der Waals surface area contributed by atoms with Crippen molar-refractivity contribution in [3.05, 3.63) is 130 Å². The van der Waals surface area contributed by atoms with E-state index in [0.29, 0.717) is 19.2 Å². The van der Waals surface area contributed by atoms with E-state index in [0.717, 1.165) is 0 Å². The number of allylic oxidation sites excluding steroid dienone is 2. The van der Waals surface area contributed by atoms with Crippen LogP contribution in [0.3, 0.4) is 0 Å². The third-order valence-electron chi connectivity index (χ3n) is 12.4. The Morgan fingerprint density at radius 1 is 0.605 bits per heavy atom. The fraction of sp³-hybridized carbons (Fsp3) is 0.317. The zero-order valence-corrected chi connectivity index (χ0v) is 32.6. The summed E-state index contributed by atoms with van der Waals surface area (Å²) in [6.07, 6.45) is 10.2. The van der Waals surface area contributed by atoms with Crippen LogP contribution in [0.5, 0.6) is 0 Å². The van der Waals surface area contributed by atoms with Gasteiger partial charge < -0.3 is 0 Å². The zero-order chi connectivity index (χ0) is 30.9. The molecule has 0 heterocycles. The molecule has 0 aromatic heterocycles. The maximum atomic E-state index is 2.79. The molecule has 6 rings (SSSR count). The van der Waals surface area contributed by atoms with E-state index in [-0.39, 0.29) is 0 Å². The van der Waals surface area contributed by atoms with Gasteiger partial charge >= 0.3 is 258 Å². The number of fused-ring (bicyclic) bond motifs is 2. The molecule has 222 valence electrons. The van der Waals surface area contributed by atoms with E-state index in [9.17, 15) is 0 Å². The molecule has 2 aliphatic carbocycles. The standard InChI is InChI=1S/2C18H17.C2H5.3CH3.Hf.H2Si/c2*1-13(2)15-8-3-9-16(12-15)18-11-5-7-14-6-4-10-17(14)18;1-2;;;;;/h2*3-13H,1-2H3;1H2,2H3;3*1H3;;1H2. The van der Waals surface area contributed by atoms with Gasteiger partial charge in [0, 0.05) is 0 Å². The van der Waals surface area contributed by atoms with Crippen molar-refractivity contribution in [1.29, 1.82) is 0 Å². The van der Waals surface area contributed by atoms with Gasteiger partial charge in [-0.1, -0.05) is 0 Å². The molecule has 0 bridgehead atoms. The van der Waals surface area contributed by atoms with Crippen LogP contribution in [0.2, 0.25) is 18.2 Å². The Kier molecular flexibility index (Phi) is 6.55. The maximum absolute atomic E-state index is 4.83. The van der Waals surface area contributed by atoms with Crippen LogP contribution in [0.25, 0.3) is 34.4 Å². The molecule has 0 radical (unpaired) electrons. The van der Waals surface area contributed by atoms with Crippen LogP contribution in [0.4, 0.5) is 0 Å². The predicted octanol–water partition coefficient (Wildman–Crippen LogP) is 12.0. The molecule has 0 spiro atoms. The summed E-state index contributed by atoms with van der Waals surface area (Å²) in [6, 6.07) is 32.6. The van der Waals surface area contributed by atoms with Gasteiger partial charge in [0.25, 0.3) is 0 Å². The summed E-state index contributed by atoms with van der Waals surface area (Å²) in [7, 11) is 0. The normalized spacial score (nSPS) is 20.0. The zero-order valence-electron chi connectivity index (χ0n) is 27.6. The molecule has 43 heavy (non-hydrogen) atoms. The first kappa shape index (κ1) is 30.5. The van der Waals surface area contributed by atoms with Gasteiger partial charge in [-0.25, -0.2) is 0 Å². The molecule has 0 fully saturated rings. The fourth-order valence-electron chi connectivity index (χ4n) is 8.45. The molecule has 2 aliphatic rings. The molecule has 0 saturated carbocycles. The molecule has 0 nitrogen and oxygen atoms in total. The van der Waals surface area contributed by atoms with Gasteiger partial charge in [0.1, 0.15) is 0 Å². The van der Waals surface area contributed by atoms with Crippen molar-refractivity contribution in [3.63, 3.8) is 0 Å². The van der Waals surface area contributed by atoms with E-state index in [4.69, 9.17) is 0 Å². The number of hydrogen-bond acceptors (Lipinski definition) is 0.